The molecular formula is C12H15N5OS. The van der Waals surface area contributed by atoms with E-state index in [-0.39, 0.29) is 6.04 Å². The largest absolute Gasteiger partial charge is 0.390 e. The molecule has 1 atom stereocenters. The highest BCUT2D eigenvalue weighted by Gasteiger charge is 2.35. The number of nitrogens with zero attached hydrogens (tertiary/aromatic N) is 4. The Morgan fingerprint density at radius 3 is 2.79 bits per heavy atom. The average Bonchev–Trinajstić information content (AvgIpc) is 3.08. The van der Waals surface area contributed by atoms with Crippen LogP contribution in [-0.4, -0.2) is 52.7 Å². The second-order valence-electron chi connectivity index (χ2n) is 5.01. The standard InChI is InChI=1S/C12H15N5OS/c13-10-8(1-6-19-10)12-14-11(15-18-12)9-7-16-2-4-17(9)5-3-16/h1,6,9H,2-5,7,13H2. The summed E-state index contributed by atoms with van der Waals surface area (Å²) in [5, 5.41) is 6.81. The fourth-order valence-electron chi connectivity index (χ4n) is 2.84. The molecule has 19 heavy (non-hydrogen) atoms. The minimum absolute atomic E-state index is 0.264. The summed E-state index contributed by atoms with van der Waals surface area (Å²) in [6.45, 7) is 5.49. The first-order valence-electron chi connectivity index (χ1n) is 6.44. The van der Waals surface area contributed by atoms with Crippen molar-refractivity contribution < 1.29 is 4.52 Å². The first-order valence-corrected chi connectivity index (χ1v) is 7.32. The van der Waals surface area contributed by atoms with Crippen LogP contribution in [0.2, 0.25) is 0 Å². The van der Waals surface area contributed by atoms with Gasteiger partial charge in [-0.2, -0.15) is 4.98 Å². The first kappa shape index (κ1) is 11.4. The van der Waals surface area contributed by atoms with Crippen LogP contribution in [0.1, 0.15) is 11.9 Å². The van der Waals surface area contributed by atoms with Crippen LogP contribution in [0.3, 0.4) is 0 Å². The number of rotatable bonds is 2. The number of nitrogens with two attached hydrogens (primary N) is 1. The molecule has 0 radical (unpaired) electrons. The molecule has 7 heteroatoms. The van der Waals surface area contributed by atoms with Crippen molar-refractivity contribution in [3.8, 4) is 11.5 Å². The fraction of sp³-hybridized carbons (Fsp3) is 0.500. The Hall–Kier alpha value is -1.44. The van der Waals surface area contributed by atoms with Gasteiger partial charge in [-0.05, 0) is 11.4 Å². The molecule has 6 nitrogen and oxygen atoms in total. The summed E-state index contributed by atoms with van der Waals surface area (Å²) in [5.74, 6) is 1.32. The molecule has 3 saturated heterocycles. The third-order valence-corrected chi connectivity index (χ3v) is 4.69. The van der Waals surface area contributed by atoms with Crippen LogP contribution in [0.25, 0.3) is 11.5 Å². The zero-order valence-electron chi connectivity index (χ0n) is 10.5. The maximum Gasteiger partial charge on any atom is 0.260 e. The molecule has 100 valence electrons. The molecule has 3 aliphatic heterocycles. The van der Waals surface area contributed by atoms with Crippen molar-refractivity contribution in [1.29, 1.82) is 0 Å². The van der Waals surface area contributed by atoms with E-state index in [2.05, 4.69) is 19.9 Å². The zero-order chi connectivity index (χ0) is 12.8. The Kier molecular flexibility index (Phi) is 2.57. The summed E-state index contributed by atoms with van der Waals surface area (Å²) in [5.41, 5.74) is 6.74. The number of aromatic nitrogens is 2. The lowest BCUT2D eigenvalue weighted by Gasteiger charge is -2.46. The van der Waals surface area contributed by atoms with Gasteiger partial charge in [0.2, 0.25) is 0 Å². The summed E-state index contributed by atoms with van der Waals surface area (Å²) in [7, 11) is 0. The summed E-state index contributed by atoms with van der Waals surface area (Å²) in [6, 6.07) is 2.19. The van der Waals surface area contributed by atoms with Gasteiger partial charge in [0.1, 0.15) is 0 Å². The smallest absolute Gasteiger partial charge is 0.260 e. The lowest BCUT2D eigenvalue weighted by atomic mass is 10.1. The lowest BCUT2D eigenvalue weighted by molar-refractivity contribution is 0.00781. The molecule has 2 aromatic rings. The van der Waals surface area contributed by atoms with Crippen LogP contribution in [0.5, 0.6) is 0 Å². The van der Waals surface area contributed by atoms with Crippen LogP contribution in [0, 0.1) is 0 Å². The number of fused-ring (bicyclic) bond motifs is 3. The number of thiophene rings is 1. The van der Waals surface area contributed by atoms with E-state index in [1.54, 1.807) is 0 Å². The Balaban J connectivity index is 1.63. The monoisotopic (exact) mass is 277 g/mol. The third-order valence-electron chi connectivity index (χ3n) is 3.94. The second-order valence-corrected chi connectivity index (χ2v) is 5.96. The predicted octanol–water partition coefficient (Wildman–Crippen LogP) is 1.05. The number of anilines is 1. The van der Waals surface area contributed by atoms with Crippen LogP contribution >= 0.6 is 11.3 Å². The van der Waals surface area contributed by atoms with Gasteiger partial charge in [-0.15, -0.1) is 11.3 Å². The minimum atomic E-state index is 0.264. The Labute approximate surface area is 114 Å². The molecule has 0 aliphatic carbocycles. The van der Waals surface area contributed by atoms with E-state index in [4.69, 9.17) is 10.3 Å². The van der Waals surface area contributed by atoms with Crippen molar-refractivity contribution in [2.45, 2.75) is 6.04 Å². The van der Waals surface area contributed by atoms with Gasteiger partial charge in [0.05, 0.1) is 16.6 Å². The summed E-state index contributed by atoms with van der Waals surface area (Å²) in [6.07, 6.45) is 0. The van der Waals surface area contributed by atoms with Crippen molar-refractivity contribution in [1.82, 2.24) is 19.9 Å². The highest BCUT2D eigenvalue weighted by molar-refractivity contribution is 7.14. The van der Waals surface area contributed by atoms with Crippen molar-refractivity contribution >= 4 is 16.3 Å². The van der Waals surface area contributed by atoms with Gasteiger partial charge in [-0.1, -0.05) is 5.16 Å². The van der Waals surface area contributed by atoms with E-state index in [1.165, 1.54) is 11.3 Å². The van der Waals surface area contributed by atoms with Gasteiger partial charge in [-0.25, -0.2) is 0 Å². The maximum atomic E-state index is 5.89. The van der Waals surface area contributed by atoms with E-state index in [9.17, 15) is 0 Å². The van der Waals surface area contributed by atoms with E-state index in [1.807, 2.05) is 11.4 Å². The molecule has 2 N–H and O–H groups in total. The van der Waals surface area contributed by atoms with Crippen molar-refractivity contribution in [2.24, 2.45) is 0 Å². The van der Waals surface area contributed by atoms with Gasteiger partial charge in [0.25, 0.3) is 5.89 Å². The van der Waals surface area contributed by atoms with Crippen molar-refractivity contribution in [2.75, 3.05) is 38.5 Å². The Morgan fingerprint density at radius 2 is 2.16 bits per heavy atom. The molecule has 0 spiro atoms. The molecule has 5 rings (SSSR count). The SMILES string of the molecule is Nc1sccc1-c1nc(C2CN3CCN2CC3)no1. The maximum absolute atomic E-state index is 5.89. The molecule has 0 saturated carbocycles. The quantitative estimate of drug-likeness (QED) is 0.885. The van der Waals surface area contributed by atoms with Gasteiger partial charge in [-0.3, -0.25) is 9.80 Å². The average molecular weight is 277 g/mol. The molecule has 0 amide bonds. The van der Waals surface area contributed by atoms with Crippen molar-refractivity contribution in [3.63, 3.8) is 0 Å². The molecule has 1 unspecified atom stereocenters. The molecular weight excluding hydrogens is 262 g/mol. The van der Waals surface area contributed by atoms with Gasteiger partial charge in [0.15, 0.2) is 5.82 Å². The predicted molar refractivity (Wildman–Crippen MR) is 72.8 cm³/mol. The number of hydrogen-bond donors (Lipinski definition) is 1. The van der Waals surface area contributed by atoms with E-state index < -0.39 is 0 Å². The number of piperazine rings is 3. The zero-order valence-corrected chi connectivity index (χ0v) is 11.3. The molecule has 5 heterocycles. The Morgan fingerprint density at radius 1 is 1.32 bits per heavy atom. The van der Waals surface area contributed by atoms with Crippen LogP contribution in [-0.2, 0) is 0 Å². The van der Waals surface area contributed by atoms with Crippen LogP contribution in [0.4, 0.5) is 5.00 Å². The molecule has 3 aliphatic rings. The highest BCUT2D eigenvalue weighted by Crippen LogP contribution is 2.32. The van der Waals surface area contributed by atoms with E-state index >= 15 is 0 Å². The van der Waals surface area contributed by atoms with Crippen LogP contribution in [0.15, 0.2) is 16.0 Å². The van der Waals surface area contributed by atoms with Gasteiger partial charge in [0, 0.05) is 32.7 Å². The van der Waals surface area contributed by atoms with Gasteiger partial charge < -0.3 is 10.3 Å². The Bertz CT molecular complexity index is 586. The van der Waals surface area contributed by atoms with Gasteiger partial charge >= 0.3 is 0 Å². The van der Waals surface area contributed by atoms with E-state index in [0.29, 0.717) is 5.89 Å². The fourth-order valence-corrected chi connectivity index (χ4v) is 3.47. The van der Waals surface area contributed by atoms with Crippen molar-refractivity contribution in [3.05, 3.63) is 17.3 Å². The topological polar surface area (TPSA) is 71.4 Å². The normalized spacial score (nSPS) is 29.8. The number of nitrogen functional groups attached to an aromatic ring is 1. The number of hydrogen-bond acceptors (Lipinski definition) is 7. The lowest BCUT2D eigenvalue weighted by Crippen LogP contribution is -2.57. The summed E-state index contributed by atoms with van der Waals surface area (Å²) in [4.78, 5) is 9.43. The summed E-state index contributed by atoms with van der Waals surface area (Å²) < 4.78 is 5.37. The second kappa shape index (κ2) is 4.29. The highest BCUT2D eigenvalue weighted by atomic mass is 32.1. The minimum Gasteiger partial charge on any atom is -0.390 e. The first-order chi connectivity index (χ1) is 9.31. The summed E-state index contributed by atoms with van der Waals surface area (Å²) >= 11 is 1.49. The third kappa shape index (κ3) is 1.85. The molecule has 0 aromatic carbocycles. The molecule has 2 aromatic heterocycles. The molecule has 3 fully saturated rings. The molecule has 2 bridgehead atoms. The van der Waals surface area contributed by atoms with E-state index in [0.717, 1.165) is 49.1 Å². The van der Waals surface area contributed by atoms with Crippen LogP contribution < -0.4 is 5.73 Å².